The molecule has 0 aliphatic heterocycles. The second-order valence-corrected chi connectivity index (χ2v) is 8.40. The number of alkyl halides is 3. The average molecular weight is 491 g/mol. The number of thiophene rings is 1. The molecular weight excluding hydrogens is 471 g/mol. The van der Waals surface area contributed by atoms with Gasteiger partial charge in [-0.3, -0.25) is 19.0 Å². The molecule has 0 aromatic carbocycles. The second kappa shape index (κ2) is 8.56. The molecule has 0 radical (unpaired) electrons. The zero-order valence-electron chi connectivity index (χ0n) is 18.4. The fourth-order valence-corrected chi connectivity index (χ4v) is 4.54. The van der Waals surface area contributed by atoms with Gasteiger partial charge in [0, 0.05) is 36.4 Å². The highest BCUT2D eigenvalue weighted by atomic mass is 32.1. The Morgan fingerprint density at radius 1 is 1.15 bits per heavy atom. The lowest BCUT2D eigenvalue weighted by molar-refractivity contribution is -0.140. The molecule has 13 heteroatoms. The molecule has 4 aromatic heterocycles. The number of hydrogen-bond acceptors (Lipinski definition) is 6. The summed E-state index contributed by atoms with van der Waals surface area (Å²) in [4.78, 5) is 28.6. The largest absolute Gasteiger partial charge is 0.433 e. The number of pyridine rings is 1. The number of hydrogen-bond donors (Lipinski definition) is 2. The van der Waals surface area contributed by atoms with Gasteiger partial charge in [0.25, 0.3) is 11.8 Å². The van der Waals surface area contributed by atoms with E-state index in [0.717, 1.165) is 6.07 Å². The Balaban J connectivity index is 1.98. The maximum Gasteiger partial charge on any atom is 0.433 e. The normalized spacial score (nSPS) is 11.8. The Kier molecular flexibility index (Phi) is 5.89. The third kappa shape index (κ3) is 4.14. The summed E-state index contributed by atoms with van der Waals surface area (Å²) >= 11 is 0.683. The van der Waals surface area contributed by atoms with Crippen molar-refractivity contribution in [3.05, 3.63) is 46.5 Å². The standard InChI is InChI=1S/C21H20F3N7O2S/c1-4-30-7-6-13(29-30)19(33)27-16-15-11(12-9-31(5-2)28-10(12)3)8-14(21(22,23)24)26-20(15)34-17(16)18(25)32/h6-9H,4-5H2,1-3H3,(H2,25,32)(H,27,33). The van der Waals surface area contributed by atoms with Crippen molar-refractivity contribution in [3.8, 4) is 11.1 Å². The van der Waals surface area contributed by atoms with Crippen molar-refractivity contribution in [2.75, 3.05) is 5.32 Å². The average Bonchev–Trinajstić information content (AvgIpc) is 3.49. The summed E-state index contributed by atoms with van der Waals surface area (Å²) in [6, 6.07) is 2.39. The van der Waals surface area contributed by atoms with E-state index in [9.17, 15) is 22.8 Å². The summed E-state index contributed by atoms with van der Waals surface area (Å²) in [6.07, 6.45) is -1.51. The van der Waals surface area contributed by atoms with Gasteiger partial charge in [0.05, 0.1) is 11.4 Å². The van der Waals surface area contributed by atoms with E-state index in [1.807, 2.05) is 13.8 Å². The highest BCUT2D eigenvalue weighted by Crippen LogP contribution is 2.44. The Labute approximate surface area is 195 Å². The van der Waals surface area contributed by atoms with Gasteiger partial charge >= 0.3 is 6.18 Å². The third-order valence-corrected chi connectivity index (χ3v) is 6.27. The summed E-state index contributed by atoms with van der Waals surface area (Å²) in [5.74, 6) is -1.54. The molecule has 4 heterocycles. The van der Waals surface area contributed by atoms with Crippen molar-refractivity contribution in [1.29, 1.82) is 0 Å². The van der Waals surface area contributed by atoms with Crippen molar-refractivity contribution in [2.45, 2.75) is 40.0 Å². The molecule has 4 aromatic rings. The zero-order chi connectivity index (χ0) is 24.8. The Morgan fingerprint density at radius 2 is 1.85 bits per heavy atom. The lowest BCUT2D eigenvalue weighted by Crippen LogP contribution is -2.17. The summed E-state index contributed by atoms with van der Waals surface area (Å²) < 4.78 is 44.1. The Bertz CT molecular complexity index is 1420. The third-order valence-electron chi connectivity index (χ3n) is 5.17. The molecule has 0 bridgehead atoms. The van der Waals surface area contributed by atoms with Gasteiger partial charge in [-0.15, -0.1) is 11.3 Å². The zero-order valence-corrected chi connectivity index (χ0v) is 19.2. The number of nitrogens with two attached hydrogens (primary N) is 1. The van der Waals surface area contributed by atoms with E-state index >= 15 is 0 Å². The van der Waals surface area contributed by atoms with E-state index in [0.29, 0.717) is 35.7 Å². The topological polar surface area (TPSA) is 121 Å². The molecule has 0 atom stereocenters. The number of amides is 2. The molecule has 0 fully saturated rings. The molecule has 3 N–H and O–H groups in total. The van der Waals surface area contributed by atoms with Crippen LogP contribution < -0.4 is 11.1 Å². The number of nitrogens with one attached hydrogen (secondary N) is 1. The number of nitrogens with zero attached hydrogens (tertiary/aromatic N) is 5. The van der Waals surface area contributed by atoms with Crippen LogP contribution in [0.15, 0.2) is 24.5 Å². The summed E-state index contributed by atoms with van der Waals surface area (Å²) in [5.41, 5.74) is 5.49. The molecular formula is C21H20F3N7O2S. The van der Waals surface area contributed by atoms with Crippen LogP contribution in [0.4, 0.5) is 18.9 Å². The molecule has 0 aliphatic rings. The van der Waals surface area contributed by atoms with Crippen LogP contribution >= 0.6 is 11.3 Å². The van der Waals surface area contributed by atoms with Gasteiger partial charge in [0.15, 0.2) is 5.69 Å². The molecule has 0 saturated carbocycles. The number of fused-ring (bicyclic) bond motifs is 1. The molecule has 0 saturated heterocycles. The quantitative estimate of drug-likeness (QED) is 0.421. The van der Waals surface area contributed by atoms with Crippen molar-refractivity contribution in [2.24, 2.45) is 5.73 Å². The maximum absolute atomic E-state index is 13.7. The van der Waals surface area contributed by atoms with Gasteiger partial charge in [-0.25, -0.2) is 4.98 Å². The number of anilines is 1. The molecule has 2 amide bonds. The number of halogens is 3. The minimum atomic E-state index is -4.73. The molecule has 0 aliphatic carbocycles. The van der Waals surface area contributed by atoms with Gasteiger partial charge in [0.2, 0.25) is 0 Å². The van der Waals surface area contributed by atoms with Crippen LogP contribution in [0.1, 0.15) is 45.4 Å². The summed E-state index contributed by atoms with van der Waals surface area (Å²) in [6.45, 7) is 6.40. The lowest BCUT2D eigenvalue weighted by Gasteiger charge is -2.11. The van der Waals surface area contributed by atoms with E-state index in [2.05, 4.69) is 20.5 Å². The van der Waals surface area contributed by atoms with E-state index in [-0.39, 0.29) is 32.0 Å². The van der Waals surface area contributed by atoms with Crippen molar-refractivity contribution in [3.63, 3.8) is 0 Å². The van der Waals surface area contributed by atoms with Crippen LogP contribution in [-0.4, -0.2) is 36.4 Å². The fraction of sp³-hybridized carbons (Fsp3) is 0.286. The molecule has 178 valence electrons. The summed E-state index contributed by atoms with van der Waals surface area (Å²) in [5, 5.41) is 11.3. The second-order valence-electron chi connectivity index (χ2n) is 7.40. The first-order valence-corrected chi connectivity index (χ1v) is 11.1. The Hall–Kier alpha value is -3.74. The first kappa shape index (κ1) is 23.4. The van der Waals surface area contributed by atoms with Gasteiger partial charge in [-0.2, -0.15) is 23.4 Å². The number of carbonyl (C=O) groups is 2. The van der Waals surface area contributed by atoms with Crippen molar-refractivity contribution < 1.29 is 22.8 Å². The minimum absolute atomic E-state index is 0.0107. The molecule has 0 spiro atoms. The van der Waals surface area contributed by atoms with Crippen molar-refractivity contribution in [1.82, 2.24) is 24.5 Å². The number of aromatic nitrogens is 5. The van der Waals surface area contributed by atoms with E-state index in [1.54, 1.807) is 28.7 Å². The van der Waals surface area contributed by atoms with Crippen LogP contribution in [0.5, 0.6) is 0 Å². The van der Waals surface area contributed by atoms with Crippen LogP contribution in [0.3, 0.4) is 0 Å². The first-order chi connectivity index (χ1) is 16.0. The van der Waals surface area contributed by atoms with Gasteiger partial charge in [-0.1, -0.05) is 0 Å². The first-order valence-electron chi connectivity index (χ1n) is 10.3. The minimum Gasteiger partial charge on any atom is -0.365 e. The SMILES string of the molecule is CCn1ccc(C(=O)Nc2c(C(N)=O)sc3nc(C(F)(F)F)cc(-c4cn(CC)nc4C)c23)n1. The van der Waals surface area contributed by atoms with E-state index in [1.165, 1.54) is 6.07 Å². The molecule has 0 unspecified atom stereocenters. The fourth-order valence-electron chi connectivity index (χ4n) is 3.53. The molecule has 9 nitrogen and oxygen atoms in total. The highest BCUT2D eigenvalue weighted by molar-refractivity contribution is 7.21. The smallest absolute Gasteiger partial charge is 0.365 e. The van der Waals surface area contributed by atoms with Gasteiger partial charge < -0.3 is 11.1 Å². The summed E-state index contributed by atoms with van der Waals surface area (Å²) in [7, 11) is 0. The van der Waals surface area contributed by atoms with E-state index < -0.39 is 23.7 Å². The monoisotopic (exact) mass is 491 g/mol. The van der Waals surface area contributed by atoms with E-state index in [4.69, 9.17) is 5.73 Å². The van der Waals surface area contributed by atoms with Crippen LogP contribution in [-0.2, 0) is 19.3 Å². The number of rotatable bonds is 6. The lowest BCUT2D eigenvalue weighted by atomic mass is 10.0. The Morgan fingerprint density at radius 3 is 2.41 bits per heavy atom. The number of carbonyl (C=O) groups excluding carboxylic acids is 2. The molecule has 34 heavy (non-hydrogen) atoms. The van der Waals surface area contributed by atoms with Crippen molar-refractivity contribution >= 4 is 39.1 Å². The van der Waals surface area contributed by atoms with Gasteiger partial charge in [0.1, 0.15) is 15.4 Å². The van der Waals surface area contributed by atoms with Crippen LogP contribution in [0, 0.1) is 6.92 Å². The van der Waals surface area contributed by atoms with Crippen LogP contribution in [0.25, 0.3) is 21.3 Å². The maximum atomic E-state index is 13.7. The number of aryl methyl sites for hydroxylation is 3. The van der Waals surface area contributed by atoms with Crippen LogP contribution in [0.2, 0.25) is 0 Å². The predicted octanol–water partition coefficient (Wildman–Crippen LogP) is 4.07. The highest BCUT2D eigenvalue weighted by Gasteiger charge is 2.35. The number of primary amides is 1. The van der Waals surface area contributed by atoms with Gasteiger partial charge in [-0.05, 0) is 38.5 Å². The molecule has 4 rings (SSSR count). The predicted molar refractivity (Wildman–Crippen MR) is 121 cm³/mol.